The molecule has 1 aliphatic heterocycles. The third-order valence-electron chi connectivity index (χ3n) is 8.37. The van der Waals surface area contributed by atoms with Crippen LogP contribution in [0.3, 0.4) is 0 Å². The quantitative estimate of drug-likeness (QED) is 0.187. The van der Waals surface area contributed by atoms with Crippen LogP contribution in [0.1, 0.15) is 68.7 Å². The minimum absolute atomic E-state index is 0.137. The van der Waals surface area contributed by atoms with Crippen molar-refractivity contribution >= 4 is 23.6 Å². The monoisotopic (exact) mass is 675 g/mol. The highest BCUT2D eigenvalue weighted by molar-refractivity contribution is 5.98. The van der Waals surface area contributed by atoms with Crippen molar-refractivity contribution in [1.29, 1.82) is 0 Å². The number of hydrogen-bond donors (Lipinski definition) is 3. The zero-order valence-electron chi connectivity index (χ0n) is 29.3. The fourth-order valence-corrected chi connectivity index (χ4v) is 5.95. The number of carbonyl (C=O) groups excluding carboxylic acids is 3. The molecule has 10 heteroatoms. The summed E-state index contributed by atoms with van der Waals surface area (Å²) in [5.74, 6) is 5.88. The van der Waals surface area contributed by atoms with Gasteiger partial charge in [0.2, 0.25) is 11.8 Å². The summed E-state index contributed by atoms with van der Waals surface area (Å²) in [6.07, 6.45) is 4.17. The van der Waals surface area contributed by atoms with Gasteiger partial charge in [0, 0.05) is 36.6 Å². The van der Waals surface area contributed by atoms with E-state index in [1.54, 1.807) is 48.6 Å². The highest BCUT2D eigenvalue weighted by Gasteiger charge is 2.36. The third kappa shape index (κ3) is 9.53. The van der Waals surface area contributed by atoms with E-state index in [1.165, 1.54) is 0 Å². The Morgan fingerprint density at radius 1 is 1.02 bits per heavy atom. The van der Waals surface area contributed by atoms with E-state index in [2.05, 4.69) is 27.6 Å². The minimum atomic E-state index is -0.855. The van der Waals surface area contributed by atoms with E-state index in [9.17, 15) is 19.5 Å². The van der Waals surface area contributed by atoms with Gasteiger partial charge in [-0.2, -0.15) is 5.10 Å². The van der Waals surface area contributed by atoms with Gasteiger partial charge in [0.25, 0.3) is 0 Å². The van der Waals surface area contributed by atoms with E-state index in [1.807, 2.05) is 74.8 Å². The summed E-state index contributed by atoms with van der Waals surface area (Å²) in [5.41, 5.74) is 4.53. The second kappa shape index (κ2) is 15.8. The van der Waals surface area contributed by atoms with Crippen LogP contribution in [0, 0.1) is 18.8 Å². The molecule has 10 nitrogen and oxygen atoms in total. The molecule has 1 fully saturated rings. The molecule has 1 unspecified atom stereocenters. The number of phenols is 1. The Labute approximate surface area is 293 Å². The highest BCUT2D eigenvalue weighted by atomic mass is 16.6. The van der Waals surface area contributed by atoms with Crippen molar-refractivity contribution in [3.05, 3.63) is 101 Å². The summed E-state index contributed by atoms with van der Waals surface area (Å²) < 4.78 is 7.14. The summed E-state index contributed by atoms with van der Waals surface area (Å²) in [5, 5.41) is 20.7. The molecule has 0 bridgehead atoms. The number of aromatic hydroxyl groups is 1. The number of alkyl carbamates (subject to hydrolysis) is 1. The zero-order chi connectivity index (χ0) is 35.8. The van der Waals surface area contributed by atoms with Gasteiger partial charge in [0.1, 0.15) is 29.1 Å². The Morgan fingerprint density at radius 2 is 1.76 bits per heavy atom. The fraction of sp³-hybridized carbons (Fsp3) is 0.350. The third-order valence-corrected chi connectivity index (χ3v) is 8.37. The van der Waals surface area contributed by atoms with Crippen molar-refractivity contribution in [2.75, 3.05) is 11.9 Å². The van der Waals surface area contributed by atoms with Gasteiger partial charge in [-0.25, -0.2) is 4.79 Å². The molecule has 3 N–H and O–H groups in total. The van der Waals surface area contributed by atoms with Gasteiger partial charge in [-0.15, -0.1) is 0 Å². The number of aromatic nitrogens is 2. The topological polar surface area (TPSA) is 126 Å². The van der Waals surface area contributed by atoms with Gasteiger partial charge in [0.05, 0.1) is 5.56 Å². The summed E-state index contributed by atoms with van der Waals surface area (Å²) in [4.78, 5) is 42.0. The summed E-state index contributed by atoms with van der Waals surface area (Å²) in [6.45, 7) is 7.68. The number of nitrogens with zero attached hydrogens (tertiary/aromatic N) is 3. The lowest BCUT2D eigenvalue weighted by atomic mass is 9.98. The van der Waals surface area contributed by atoms with Crippen molar-refractivity contribution in [3.63, 3.8) is 0 Å². The van der Waals surface area contributed by atoms with Crippen LogP contribution in [0.25, 0.3) is 11.3 Å². The lowest BCUT2D eigenvalue weighted by Crippen LogP contribution is -2.57. The molecule has 2 heterocycles. The second-order valence-corrected chi connectivity index (χ2v) is 13.7. The van der Waals surface area contributed by atoms with Gasteiger partial charge in [-0.05, 0) is 102 Å². The van der Waals surface area contributed by atoms with Gasteiger partial charge >= 0.3 is 6.09 Å². The molecular weight excluding hydrogens is 630 g/mol. The first-order chi connectivity index (χ1) is 23.9. The number of hydrogen-bond acceptors (Lipinski definition) is 6. The van der Waals surface area contributed by atoms with Gasteiger partial charge in [0.15, 0.2) is 0 Å². The maximum Gasteiger partial charge on any atom is 0.408 e. The van der Waals surface area contributed by atoms with Gasteiger partial charge in [-0.3, -0.25) is 14.3 Å². The number of carbonyl (C=O) groups is 3. The molecule has 0 saturated carbocycles. The molecule has 3 amide bonds. The number of amides is 3. The molecule has 50 heavy (non-hydrogen) atoms. The van der Waals surface area contributed by atoms with Gasteiger partial charge in [-0.1, -0.05) is 53.8 Å². The number of aryl methyl sites for hydroxylation is 3. The molecule has 0 aliphatic carbocycles. The molecule has 5 rings (SSSR count). The van der Waals surface area contributed by atoms with E-state index in [-0.39, 0.29) is 17.6 Å². The first kappa shape index (κ1) is 35.7. The normalized spacial score (nSPS) is 15.0. The van der Waals surface area contributed by atoms with Crippen LogP contribution >= 0.6 is 0 Å². The largest absolute Gasteiger partial charge is 0.507 e. The predicted octanol–water partition coefficient (Wildman–Crippen LogP) is 6.35. The predicted molar refractivity (Wildman–Crippen MR) is 193 cm³/mol. The van der Waals surface area contributed by atoms with Crippen LogP contribution in [0.15, 0.2) is 79.0 Å². The fourth-order valence-electron chi connectivity index (χ4n) is 5.95. The van der Waals surface area contributed by atoms with Crippen LogP contribution in [0.4, 0.5) is 10.5 Å². The first-order valence-electron chi connectivity index (χ1n) is 17.0. The number of rotatable bonds is 8. The van der Waals surface area contributed by atoms with Crippen LogP contribution in [0.2, 0.25) is 0 Å². The number of nitrogens with one attached hydrogen (secondary N) is 2. The summed E-state index contributed by atoms with van der Waals surface area (Å²) in [6, 6.07) is 20.8. The van der Waals surface area contributed by atoms with Crippen LogP contribution < -0.4 is 10.6 Å². The molecule has 1 aromatic heterocycles. The number of piperidine rings is 1. The Hall–Kier alpha value is -5.56. The van der Waals surface area contributed by atoms with Crippen LogP contribution in [-0.2, 0) is 27.8 Å². The molecular formula is C40H45N5O5. The maximum absolute atomic E-state index is 14.0. The van der Waals surface area contributed by atoms with Crippen molar-refractivity contribution in [3.8, 4) is 28.8 Å². The number of phenolic OH excluding ortho intramolecular Hbond substituents is 1. The number of likely N-dealkylation sites (tertiary alicyclic amines) is 1. The molecule has 260 valence electrons. The average Bonchev–Trinajstić information content (AvgIpc) is 3.46. The van der Waals surface area contributed by atoms with E-state index in [0.29, 0.717) is 48.3 Å². The highest BCUT2D eigenvalue weighted by Crippen LogP contribution is 2.31. The Balaban J connectivity index is 1.28. The van der Waals surface area contributed by atoms with Crippen LogP contribution in [-0.4, -0.2) is 61.9 Å². The standard InChI is InChI=1S/C40H45N5O5/c1-27-14-23-35(46)32(25-27)36-30(26-44(5)43-36)19-15-29-16-20-31(21-17-29)41-37(47)34-13-9-10-24-45(34)38(48)33(42-39(49)50-40(2,3)4)22-18-28-11-7-6-8-12-28/h6-8,11-12,14,16-17,20-21,23,25-26,33-34,46H,9-10,13,18,22,24H2,1-5H3,(H,41,47)(H,42,49)/t33-,34?/m0/s1. The zero-order valence-corrected chi connectivity index (χ0v) is 29.3. The van der Waals surface area contributed by atoms with Crippen molar-refractivity contribution in [1.82, 2.24) is 20.0 Å². The first-order valence-corrected chi connectivity index (χ1v) is 17.0. The van der Waals surface area contributed by atoms with E-state index in [4.69, 9.17) is 4.74 Å². The SMILES string of the molecule is Cc1ccc(O)c(-c2nn(C)cc2C#Cc2ccc(NC(=O)C3CCCCN3C(=O)[C@H](CCc3ccccc3)NC(=O)OC(C)(C)C)cc2)c1. The summed E-state index contributed by atoms with van der Waals surface area (Å²) >= 11 is 0. The smallest absolute Gasteiger partial charge is 0.408 e. The Kier molecular flexibility index (Phi) is 11.3. The molecule has 3 aromatic carbocycles. The van der Waals surface area contributed by atoms with Crippen LogP contribution in [0.5, 0.6) is 5.75 Å². The Bertz CT molecular complexity index is 1880. The molecule has 0 spiro atoms. The lowest BCUT2D eigenvalue weighted by Gasteiger charge is -2.37. The number of anilines is 1. The van der Waals surface area contributed by atoms with Gasteiger partial charge < -0.3 is 25.4 Å². The number of benzene rings is 3. The average molecular weight is 676 g/mol. The van der Waals surface area contributed by atoms with E-state index >= 15 is 0 Å². The van der Waals surface area contributed by atoms with Crippen molar-refractivity contribution in [2.24, 2.45) is 7.05 Å². The second-order valence-electron chi connectivity index (χ2n) is 13.7. The van der Waals surface area contributed by atoms with Crippen molar-refractivity contribution in [2.45, 2.75) is 77.5 Å². The lowest BCUT2D eigenvalue weighted by molar-refractivity contribution is -0.142. The van der Waals surface area contributed by atoms with E-state index in [0.717, 1.165) is 29.5 Å². The van der Waals surface area contributed by atoms with E-state index < -0.39 is 23.8 Å². The minimum Gasteiger partial charge on any atom is -0.507 e. The molecule has 1 saturated heterocycles. The molecule has 4 aromatic rings. The number of ether oxygens (including phenoxy) is 1. The summed E-state index contributed by atoms with van der Waals surface area (Å²) in [7, 11) is 1.81. The molecule has 1 aliphatic rings. The molecule has 2 atom stereocenters. The van der Waals surface area contributed by atoms with Crippen molar-refractivity contribution < 1.29 is 24.2 Å². The Morgan fingerprint density at radius 3 is 2.48 bits per heavy atom. The maximum atomic E-state index is 14.0. The molecule has 0 radical (unpaired) electrons.